The van der Waals surface area contributed by atoms with Crippen LogP contribution in [-0.2, 0) is 6.42 Å². The quantitative estimate of drug-likeness (QED) is 0.562. The van der Waals surface area contributed by atoms with E-state index in [0.717, 1.165) is 24.8 Å². The summed E-state index contributed by atoms with van der Waals surface area (Å²) >= 11 is 0. The van der Waals surface area contributed by atoms with Crippen LogP contribution < -0.4 is 5.32 Å². The zero-order valence-corrected chi connectivity index (χ0v) is 14.5. The average Bonchev–Trinajstić information content (AvgIpc) is 3.14. The van der Waals surface area contributed by atoms with Crippen molar-refractivity contribution in [1.29, 1.82) is 0 Å². The van der Waals surface area contributed by atoms with Gasteiger partial charge in [-0.05, 0) is 54.7 Å². The number of hydrogen-bond donors (Lipinski definition) is 1. The third kappa shape index (κ3) is 2.83. The predicted octanol–water partition coefficient (Wildman–Crippen LogP) is 4.91. The molecule has 27 heavy (non-hydrogen) atoms. The molecule has 1 N–H and O–H groups in total. The summed E-state index contributed by atoms with van der Waals surface area (Å²) in [6.07, 6.45) is 4.72. The zero-order chi connectivity index (χ0) is 18.2. The van der Waals surface area contributed by atoms with Crippen molar-refractivity contribution in [3.05, 3.63) is 71.8 Å². The Morgan fingerprint density at radius 2 is 1.89 bits per heavy atom. The maximum absolute atomic E-state index is 13.3. The zero-order valence-electron chi connectivity index (χ0n) is 14.5. The molecule has 5 nitrogen and oxygen atoms in total. The molecule has 0 saturated heterocycles. The molecule has 0 spiro atoms. The normalized spacial score (nSPS) is 16.3. The van der Waals surface area contributed by atoms with Crippen LogP contribution >= 0.6 is 0 Å². The van der Waals surface area contributed by atoms with E-state index in [9.17, 15) is 4.39 Å². The lowest BCUT2D eigenvalue weighted by Crippen LogP contribution is -2.18. The number of rotatable bonds is 3. The van der Waals surface area contributed by atoms with Crippen molar-refractivity contribution in [3.8, 4) is 11.3 Å². The van der Waals surface area contributed by atoms with Crippen LogP contribution in [-0.4, -0.2) is 15.1 Å². The van der Waals surface area contributed by atoms with E-state index in [2.05, 4.69) is 44.7 Å². The van der Waals surface area contributed by atoms with E-state index >= 15 is 0 Å². The molecule has 0 amide bonds. The van der Waals surface area contributed by atoms with Crippen molar-refractivity contribution in [1.82, 2.24) is 15.1 Å². The molecular formula is C21H17FN4O. The maximum atomic E-state index is 13.3. The number of benzene rings is 2. The fraction of sp³-hybridized carbons (Fsp3) is 0.190. The van der Waals surface area contributed by atoms with Gasteiger partial charge >= 0.3 is 0 Å². The largest absolute Gasteiger partial charge is 0.362 e. The molecule has 2 aromatic heterocycles. The minimum absolute atomic E-state index is 0.170. The van der Waals surface area contributed by atoms with Crippen LogP contribution in [0.2, 0.25) is 0 Å². The number of nitrogens with zero attached hydrogens (tertiary/aromatic N) is 3. The summed E-state index contributed by atoms with van der Waals surface area (Å²) in [6.45, 7) is 0. The Hall–Kier alpha value is -3.28. The topological polar surface area (TPSA) is 63.8 Å². The highest BCUT2D eigenvalue weighted by atomic mass is 19.1. The van der Waals surface area contributed by atoms with E-state index in [0.29, 0.717) is 22.6 Å². The van der Waals surface area contributed by atoms with E-state index in [1.54, 1.807) is 12.1 Å². The molecule has 2 heterocycles. The van der Waals surface area contributed by atoms with Gasteiger partial charge in [-0.15, -0.1) is 0 Å². The smallest absolute Gasteiger partial charge is 0.263 e. The first kappa shape index (κ1) is 15.9. The Labute approximate surface area is 155 Å². The first-order valence-corrected chi connectivity index (χ1v) is 9.00. The molecule has 134 valence electrons. The molecule has 2 aromatic carbocycles. The molecule has 0 saturated carbocycles. The number of hydrogen-bond acceptors (Lipinski definition) is 5. The van der Waals surface area contributed by atoms with Crippen LogP contribution in [0.15, 0.2) is 59.4 Å². The molecular weight excluding hydrogens is 343 g/mol. The van der Waals surface area contributed by atoms with Gasteiger partial charge in [0, 0.05) is 5.56 Å². The molecule has 4 aromatic rings. The molecule has 0 fully saturated rings. The standard InChI is InChI=1S/C21H17FN4O/c22-15-10-8-14(9-11-15)19-18-20(23-12-24-21(18)27-26-19)25-17-7-3-5-13-4-1-2-6-16(13)17/h1-2,4,6,8-12,17H,3,5,7H2,(H,23,24,25)/t17-/m0/s1. The lowest BCUT2D eigenvalue weighted by Gasteiger charge is -2.26. The third-order valence-electron chi connectivity index (χ3n) is 5.07. The fourth-order valence-electron chi connectivity index (χ4n) is 3.77. The van der Waals surface area contributed by atoms with Crippen molar-refractivity contribution in [2.45, 2.75) is 25.3 Å². The van der Waals surface area contributed by atoms with Gasteiger partial charge in [-0.25, -0.2) is 9.37 Å². The van der Waals surface area contributed by atoms with Gasteiger partial charge in [-0.1, -0.05) is 29.4 Å². The van der Waals surface area contributed by atoms with Crippen LogP contribution in [0.5, 0.6) is 0 Å². The second-order valence-corrected chi connectivity index (χ2v) is 6.73. The Balaban J connectivity index is 1.58. The predicted molar refractivity (Wildman–Crippen MR) is 101 cm³/mol. The Morgan fingerprint density at radius 3 is 2.78 bits per heavy atom. The fourth-order valence-corrected chi connectivity index (χ4v) is 3.77. The summed E-state index contributed by atoms with van der Waals surface area (Å²) < 4.78 is 18.7. The van der Waals surface area contributed by atoms with Crippen LogP contribution in [0.25, 0.3) is 22.4 Å². The van der Waals surface area contributed by atoms with Crippen LogP contribution in [0, 0.1) is 5.82 Å². The summed E-state index contributed by atoms with van der Waals surface area (Å²) in [6, 6.07) is 14.8. The van der Waals surface area contributed by atoms with Crippen LogP contribution in [0.1, 0.15) is 30.0 Å². The second kappa shape index (κ2) is 6.46. The first-order chi connectivity index (χ1) is 13.3. The SMILES string of the molecule is Fc1ccc(-c2noc3ncnc(N[C@H]4CCCc5ccccc54)c23)cc1. The lowest BCUT2D eigenvalue weighted by atomic mass is 9.87. The van der Waals surface area contributed by atoms with E-state index in [1.807, 2.05) is 0 Å². The molecule has 1 atom stereocenters. The summed E-state index contributed by atoms with van der Waals surface area (Å²) in [5.74, 6) is 0.391. The molecule has 0 unspecified atom stereocenters. The van der Waals surface area contributed by atoms with Gasteiger partial charge in [0.05, 0.1) is 6.04 Å². The molecule has 1 aliphatic rings. The van der Waals surface area contributed by atoms with Crippen molar-refractivity contribution >= 4 is 16.9 Å². The van der Waals surface area contributed by atoms with E-state index in [1.165, 1.54) is 29.6 Å². The number of fused-ring (bicyclic) bond motifs is 2. The van der Waals surface area contributed by atoms with Crippen LogP contribution in [0.4, 0.5) is 10.2 Å². The lowest BCUT2D eigenvalue weighted by molar-refractivity contribution is 0.451. The minimum Gasteiger partial charge on any atom is -0.362 e. The average molecular weight is 360 g/mol. The highest BCUT2D eigenvalue weighted by molar-refractivity contribution is 5.97. The van der Waals surface area contributed by atoms with Crippen molar-refractivity contribution in [3.63, 3.8) is 0 Å². The van der Waals surface area contributed by atoms with Gasteiger partial charge < -0.3 is 9.84 Å². The molecule has 6 heteroatoms. The number of nitrogens with one attached hydrogen (secondary N) is 1. The highest BCUT2D eigenvalue weighted by Gasteiger charge is 2.23. The van der Waals surface area contributed by atoms with E-state index in [4.69, 9.17) is 4.52 Å². The Bertz CT molecular complexity index is 1110. The first-order valence-electron chi connectivity index (χ1n) is 9.00. The number of anilines is 1. The van der Waals surface area contributed by atoms with Crippen molar-refractivity contribution < 1.29 is 8.91 Å². The molecule has 0 radical (unpaired) electrons. The summed E-state index contributed by atoms with van der Waals surface area (Å²) in [5.41, 5.74) is 4.45. The highest BCUT2D eigenvalue weighted by Crippen LogP contribution is 2.36. The molecule has 0 bridgehead atoms. The van der Waals surface area contributed by atoms with Crippen molar-refractivity contribution in [2.24, 2.45) is 0 Å². The number of halogens is 1. The summed E-state index contributed by atoms with van der Waals surface area (Å²) in [5, 5.41) is 8.43. The monoisotopic (exact) mass is 360 g/mol. The van der Waals surface area contributed by atoms with Crippen molar-refractivity contribution in [2.75, 3.05) is 5.32 Å². The number of aromatic nitrogens is 3. The van der Waals surface area contributed by atoms with E-state index < -0.39 is 0 Å². The minimum atomic E-state index is -0.292. The van der Waals surface area contributed by atoms with Gasteiger partial charge in [0.15, 0.2) is 0 Å². The Kier molecular flexibility index (Phi) is 3.81. The van der Waals surface area contributed by atoms with Gasteiger partial charge in [0.2, 0.25) is 0 Å². The Morgan fingerprint density at radius 1 is 1.04 bits per heavy atom. The molecule has 1 aliphatic carbocycles. The van der Waals surface area contributed by atoms with Crippen LogP contribution in [0.3, 0.4) is 0 Å². The van der Waals surface area contributed by atoms with Gasteiger partial charge in [-0.3, -0.25) is 0 Å². The van der Waals surface area contributed by atoms with Gasteiger partial charge in [-0.2, -0.15) is 4.98 Å². The number of aryl methyl sites for hydroxylation is 1. The summed E-state index contributed by atoms with van der Waals surface area (Å²) in [7, 11) is 0. The van der Waals surface area contributed by atoms with Gasteiger partial charge in [0.25, 0.3) is 5.71 Å². The maximum Gasteiger partial charge on any atom is 0.263 e. The van der Waals surface area contributed by atoms with Gasteiger partial charge in [0.1, 0.15) is 29.0 Å². The third-order valence-corrected chi connectivity index (χ3v) is 5.07. The summed E-state index contributed by atoms with van der Waals surface area (Å²) in [4.78, 5) is 8.64. The van der Waals surface area contributed by atoms with E-state index in [-0.39, 0.29) is 11.9 Å². The molecule has 0 aliphatic heterocycles. The second-order valence-electron chi connectivity index (χ2n) is 6.73. The molecule has 5 rings (SSSR count).